The van der Waals surface area contributed by atoms with Crippen LogP contribution in [0.4, 0.5) is 14.9 Å². The fourth-order valence-corrected chi connectivity index (χ4v) is 2.92. The molecule has 1 aromatic carbocycles. The zero-order valence-corrected chi connectivity index (χ0v) is 10.8. The molecule has 2 heterocycles. The summed E-state index contributed by atoms with van der Waals surface area (Å²) in [4.78, 5) is 14.1. The smallest absolute Gasteiger partial charge is 0.321 e. The van der Waals surface area contributed by atoms with Gasteiger partial charge in [0.05, 0.1) is 0 Å². The topological polar surface area (TPSA) is 44.4 Å². The van der Waals surface area contributed by atoms with Crippen molar-refractivity contribution in [1.82, 2.24) is 10.2 Å². The predicted molar refractivity (Wildman–Crippen MR) is 71.7 cm³/mol. The van der Waals surface area contributed by atoms with E-state index >= 15 is 0 Å². The zero-order chi connectivity index (χ0) is 13.2. The molecule has 1 fully saturated rings. The van der Waals surface area contributed by atoms with Crippen LogP contribution in [0.1, 0.15) is 18.4 Å². The quantitative estimate of drug-likeness (QED) is 0.813. The number of piperidine rings is 1. The minimum atomic E-state index is -0.232. The van der Waals surface area contributed by atoms with Crippen LogP contribution in [0.3, 0.4) is 0 Å². The summed E-state index contributed by atoms with van der Waals surface area (Å²) in [6.45, 7) is 2.47. The molecule has 2 amide bonds. The van der Waals surface area contributed by atoms with Gasteiger partial charge in [-0.15, -0.1) is 0 Å². The highest BCUT2D eigenvalue weighted by Crippen LogP contribution is 2.25. The third-order valence-electron chi connectivity index (χ3n) is 3.97. The molecule has 0 aromatic heterocycles. The van der Waals surface area contributed by atoms with Crippen LogP contribution >= 0.6 is 0 Å². The number of halogens is 1. The molecule has 0 radical (unpaired) electrons. The van der Waals surface area contributed by atoms with E-state index < -0.39 is 0 Å². The van der Waals surface area contributed by atoms with Crippen LogP contribution < -0.4 is 10.6 Å². The fraction of sp³-hybridized carbons (Fsp3) is 0.500. The van der Waals surface area contributed by atoms with Crippen LogP contribution in [-0.4, -0.2) is 36.6 Å². The highest BCUT2D eigenvalue weighted by molar-refractivity contribution is 5.91. The lowest BCUT2D eigenvalue weighted by atomic mass is 10.0. The molecule has 3 rings (SSSR count). The Balaban J connectivity index is 1.81. The van der Waals surface area contributed by atoms with Gasteiger partial charge in [-0.05, 0) is 44.5 Å². The summed E-state index contributed by atoms with van der Waals surface area (Å²) in [5.74, 6) is -0.232. The number of hydrogen-bond acceptors (Lipinski definition) is 2. The molecule has 102 valence electrons. The molecule has 0 bridgehead atoms. The first-order valence-corrected chi connectivity index (χ1v) is 6.81. The molecule has 2 aliphatic rings. The molecule has 2 aliphatic heterocycles. The van der Waals surface area contributed by atoms with Crippen molar-refractivity contribution in [3.8, 4) is 0 Å². The lowest BCUT2D eigenvalue weighted by Gasteiger charge is -2.33. The van der Waals surface area contributed by atoms with Gasteiger partial charge in [-0.3, -0.25) is 0 Å². The van der Waals surface area contributed by atoms with E-state index in [1.165, 1.54) is 6.07 Å². The van der Waals surface area contributed by atoms with E-state index in [2.05, 4.69) is 10.6 Å². The molecule has 1 saturated heterocycles. The second kappa shape index (κ2) is 5.17. The lowest BCUT2D eigenvalue weighted by Crippen LogP contribution is -2.47. The van der Waals surface area contributed by atoms with Crippen LogP contribution in [0.5, 0.6) is 0 Å². The molecule has 1 aromatic rings. The number of fused-ring (bicyclic) bond motifs is 1. The number of carbonyl (C=O) groups excluding carboxylic acids is 1. The molecule has 0 aliphatic carbocycles. The van der Waals surface area contributed by atoms with Gasteiger partial charge in [0.2, 0.25) is 0 Å². The molecular formula is C14H18FN3O. The molecule has 2 N–H and O–H groups in total. The van der Waals surface area contributed by atoms with E-state index in [4.69, 9.17) is 0 Å². The maximum absolute atomic E-state index is 13.8. The molecule has 4 nitrogen and oxygen atoms in total. The summed E-state index contributed by atoms with van der Waals surface area (Å²) in [7, 11) is 0. The second-order valence-corrected chi connectivity index (χ2v) is 5.12. The first kappa shape index (κ1) is 12.4. The van der Waals surface area contributed by atoms with Gasteiger partial charge >= 0.3 is 6.03 Å². The predicted octanol–water partition coefficient (Wildman–Crippen LogP) is 1.97. The van der Waals surface area contributed by atoms with Gasteiger partial charge in [0.1, 0.15) is 5.82 Å². The minimum absolute atomic E-state index is 0.101. The van der Waals surface area contributed by atoms with Crippen molar-refractivity contribution < 1.29 is 9.18 Å². The number of carbonyl (C=O) groups is 1. The van der Waals surface area contributed by atoms with Gasteiger partial charge in [-0.2, -0.15) is 0 Å². The van der Waals surface area contributed by atoms with E-state index in [1.807, 2.05) is 4.90 Å². The van der Waals surface area contributed by atoms with Crippen molar-refractivity contribution in [2.45, 2.75) is 25.3 Å². The minimum Gasteiger partial charge on any atom is -0.321 e. The number of nitrogens with one attached hydrogen (secondary N) is 2. The van der Waals surface area contributed by atoms with Crippen LogP contribution in [0.15, 0.2) is 18.2 Å². The molecular weight excluding hydrogens is 245 g/mol. The summed E-state index contributed by atoms with van der Waals surface area (Å²) in [5.41, 5.74) is 1.23. The number of amides is 2. The van der Waals surface area contributed by atoms with Crippen molar-refractivity contribution >= 4 is 11.7 Å². The monoisotopic (exact) mass is 263 g/mol. The summed E-state index contributed by atoms with van der Waals surface area (Å²) in [6, 6.07) is 5.01. The van der Waals surface area contributed by atoms with Gasteiger partial charge in [-0.25, -0.2) is 9.18 Å². The molecule has 0 unspecified atom stereocenters. The third-order valence-corrected chi connectivity index (χ3v) is 3.97. The number of benzene rings is 1. The molecule has 19 heavy (non-hydrogen) atoms. The van der Waals surface area contributed by atoms with Gasteiger partial charge in [0.15, 0.2) is 0 Å². The summed E-state index contributed by atoms with van der Waals surface area (Å²) < 4.78 is 13.8. The van der Waals surface area contributed by atoms with E-state index in [9.17, 15) is 9.18 Å². The number of anilines is 1. The third kappa shape index (κ3) is 2.42. The van der Waals surface area contributed by atoms with Gasteiger partial charge in [0.25, 0.3) is 0 Å². The van der Waals surface area contributed by atoms with Crippen molar-refractivity contribution in [2.75, 3.05) is 25.0 Å². The normalized spacial score (nSPS) is 20.7. The van der Waals surface area contributed by atoms with Crippen molar-refractivity contribution in [3.63, 3.8) is 0 Å². The average molecular weight is 263 g/mol. The Morgan fingerprint density at radius 3 is 2.84 bits per heavy atom. The molecule has 0 atom stereocenters. The Morgan fingerprint density at radius 1 is 1.26 bits per heavy atom. The van der Waals surface area contributed by atoms with E-state index in [0.717, 1.165) is 25.9 Å². The number of nitrogens with zero attached hydrogens (tertiary/aromatic N) is 1. The highest BCUT2D eigenvalue weighted by Gasteiger charge is 2.28. The molecule has 0 saturated carbocycles. The van der Waals surface area contributed by atoms with Gasteiger partial charge < -0.3 is 15.5 Å². The van der Waals surface area contributed by atoms with E-state index in [1.54, 1.807) is 12.1 Å². The lowest BCUT2D eigenvalue weighted by molar-refractivity contribution is 0.173. The van der Waals surface area contributed by atoms with Gasteiger partial charge in [0, 0.05) is 23.8 Å². The Kier molecular flexibility index (Phi) is 3.38. The Morgan fingerprint density at radius 2 is 2.05 bits per heavy atom. The largest absolute Gasteiger partial charge is 0.322 e. The van der Waals surface area contributed by atoms with Crippen LogP contribution in [0.25, 0.3) is 0 Å². The highest BCUT2D eigenvalue weighted by atomic mass is 19.1. The maximum atomic E-state index is 13.8. The molecule has 5 heteroatoms. The summed E-state index contributed by atoms with van der Waals surface area (Å²) >= 11 is 0. The molecule has 0 spiro atoms. The zero-order valence-electron chi connectivity index (χ0n) is 10.8. The Labute approximate surface area is 112 Å². The van der Waals surface area contributed by atoms with Crippen LogP contribution in [0.2, 0.25) is 0 Å². The number of hydrogen-bond donors (Lipinski definition) is 2. The summed E-state index contributed by atoms with van der Waals surface area (Å²) in [6.07, 6.45) is 2.50. The van der Waals surface area contributed by atoms with E-state index in [0.29, 0.717) is 24.2 Å². The van der Waals surface area contributed by atoms with E-state index in [-0.39, 0.29) is 17.9 Å². The number of rotatable bonds is 1. The van der Waals surface area contributed by atoms with Crippen molar-refractivity contribution in [3.05, 3.63) is 29.6 Å². The Bertz CT molecular complexity index is 486. The van der Waals surface area contributed by atoms with Crippen molar-refractivity contribution in [1.29, 1.82) is 0 Å². The first-order chi connectivity index (χ1) is 9.25. The SMILES string of the molecule is O=C1Nc2cccc(F)c2CCN1C1CCNCC1. The second-order valence-electron chi connectivity index (χ2n) is 5.12. The van der Waals surface area contributed by atoms with Gasteiger partial charge in [-0.1, -0.05) is 6.07 Å². The first-order valence-electron chi connectivity index (χ1n) is 6.81. The van der Waals surface area contributed by atoms with Crippen LogP contribution in [-0.2, 0) is 6.42 Å². The van der Waals surface area contributed by atoms with Crippen LogP contribution in [0, 0.1) is 5.82 Å². The summed E-state index contributed by atoms with van der Waals surface area (Å²) in [5, 5.41) is 6.13. The Hall–Kier alpha value is -1.62. The average Bonchev–Trinajstić information content (AvgIpc) is 2.59. The fourth-order valence-electron chi connectivity index (χ4n) is 2.92. The van der Waals surface area contributed by atoms with Crippen molar-refractivity contribution in [2.24, 2.45) is 0 Å². The number of urea groups is 1. The maximum Gasteiger partial charge on any atom is 0.322 e. The standard InChI is InChI=1S/C14H18FN3O/c15-12-2-1-3-13-11(12)6-9-18(14(19)17-13)10-4-7-16-8-5-10/h1-3,10,16H,4-9H2,(H,17,19).